The largest absolute Gasteiger partial charge is 0.399 e. The predicted molar refractivity (Wildman–Crippen MR) is 67.3 cm³/mol. The summed E-state index contributed by atoms with van der Waals surface area (Å²) in [6.45, 7) is 4.74. The van der Waals surface area contributed by atoms with Gasteiger partial charge >= 0.3 is 0 Å². The van der Waals surface area contributed by atoms with Gasteiger partial charge < -0.3 is 15.0 Å². The number of benzene rings is 1. The Morgan fingerprint density at radius 1 is 1.38 bits per heavy atom. The van der Waals surface area contributed by atoms with Gasteiger partial charge in [-0.15, -0.1) is 0 Å². The third-order valence-corrected chi connectivity index (χ3v) is 2.67. The van der Waals surface area contributed by atoms with E-state index >= 15 is 0 Å². The minimum absolute atomic E-state index is 0.254. The standard InChI is InChI=1S/C13H18N2O/c1-9(2)16-8-10-7-15(3)13-6-11(14)4-5-12(10)13/h4-7,9H,8,14H2,1-3H3. The molecule has 0 atom stereocenters. The summed E-state index contributed by atoms with van der Waals surface area (Å²) < 4.78 is 7.72. The minimum atomic E-state index is 0.254. The van der Waals surface area contributed by atoms with Crippen molar-refractivity contribution in [3.05, 3.63) is 30.0 Å². The molecule has 0 bridgehead atoms. The Morgan fingerprint density at radius 2 is 2.12 bits per heavy atom. The van der Waals surface area contributed by atoms with E-state index in [1.807, 2.05) is 33.0 Å². The number of ether oxygens (including phenoxy) is 1. The maximum absolute atomic E-state index is 5.78. The molecule has 0 aliphatic rings. The first-order valence-electron chi connectivity index (χ1n) is 5.53. The Kier molecular flexibility index (Phi) is 2.88. The molecule has 0 saturated carbocycles. The van der Waals surface area contributed by atoms with Crippen LogP contribution in [-0.2, 0) is 18.4 Å². The Morgan fingerprint density at radius 3 is 2.81 bits per heavy atom. The Hall–Kier alpha value is -1.48. The van der Waals surface area contributed by atoms with Crippen molar-refractivity contribution in [1.29, 1.82) is 0 Å². The average Bonchev–Trinajstić information content (AvgIpc) is 2.53. The van der Waals surface area contributed by atoms with Gasteiger partial charge in [0.1, 0.15) is 0 Å². The fraction of sp³-hybridized carbons (Fsp3) is 0.385. The lowest BCUT2D eigenvalue weighted by molar-refractivity contribution is 0.0663. The maximum Gasteiger partial charge on any atom is 0.0741 e. The highest BCUT2D eigenvalue weighted by Crippen LogP contribution is 2.23. The van der Waals surface area contributed by atoms with Crippen molar-refractivity contribution in [3.63, 3.8) is 0 Å². The zero-order chi connectivity index (χ0) is 11.7. The molecular formula is C13H18N2O. The van der Waals surface area contributed by atoms with Gasteiger partial charge in [0.05, 0.1) is 18.2 Å². The molecule has 0 unspecified atom stereocenters. The van der Waals surface area contributed by atoms with Gasteiger partial charge in [0.15, 0.2) is 0 Å². The number of rotatable bonds is 3. The maximum atomic E-state index is 5.78. The van der Waals surface area contributed by atoms with E-state index in [4.69, 9.17) is 10.5 Å². The van der Waals surface area contributed by atoms with Gasteiger partial charge in [-0.2, -0.15) is 0 Å². The highest BCUT2D eigenvalue weighted by atomic mass is 16.5. The molecule has 0 aliphatic heterocycles. The summed E-state index contributed by atoms with van der Waals surface area (Å²) in [5.41, 5.74) is 8.94. The molecule has 1 aromatic heterocycles. The third-order valence-electron chi connectivity index (χ3n) is 2.67. The lowest BCUT2D eigenvalue weighted by Gasteiger charge is -2.06. The lowest BCUT2D eigenvalue weighted by atomic mass is 10.1. The number of hydrogen-bond donors (Lipinski definition) is 1. The van der Waals surface area contributed by atoms with Crippen molar-refractivity contribution in [3.8, 4) is 0 Å². The summed E-state index contributed by atoms with van der Waals surface area (Å²) in [4.78, 5) is 0. The molecular weight excluding hydrogens is 200 g/mol. The second-order valence-electron chi connectivity index (χ2n) is 4.40. The summed E-state index contributed by atoms with van der Waals surface area (Å²) in [5.74, 6) is 0. The highest BCUT2D eigenvalue weighted by molar-refractivity contribution is 5.86. The minimum Gasteiger partial charge on any atom is -0.399 e. The molecule has 86 valence electrons. The summed E-state index contributed by atoms with van der Waals surface area (Å²) in [7, 11) is 2.03. The van der Waals surface area contributed by atoms with Crippen LogP contribution in [0.5, 0.6) is 0 Å². The molecule has 1 heterocycles. The van der Waals surface area contributed by atoms with E-state index in [2.05, 4.69) is 16.8 Å². The first-order chi connectivity index (χ1) is 7.58. The molecule has 0 radical (unpaired) electrons. The quantitative estimate of drug-likeness (QED) is 0.805. The van der Waals surface area contributed by atoms with Crippen LogP contribution in [0.1, 0.15) is 19.4 Å². The molecule has 1 aromatic carbocycles. The molecule has 3 nitrogen and oxygen atoms in total. The van der Waals surface area contributed by atoms with Crippen LogP contribution < -0.4 is 5.73 Å². The first kappa shape index (κ1) is 11.0. The van der Waals surface area contributed by atoms with E-state index in [0.29, 0.717) is 6.61 Å². The van der Waals surface area contributed by atoms with Crippen molar-refractivity contribution in [2.24, 2.45) is 7.05 Å². The fourth-order valence-electron chi connectivity index (χ4n) is 1.86. The van der Waals surface area contributed by atoms with E-state index in [1.54, 1.807) is 0 Å². The Bertz CT molecular complexity index is 500. The van der Waals surface area contributed by atoms with Crippen molar-refractivity contribution in [2.45, 2.75) is 26.6 Å². The summed E-state index contributed by atoms with van der Waals surface area (Å²) in [5, 5.41) is 1.22. The smallest absolute Gasteiger partial charge is 0.0741 e. The van der Waals surface area contributed by atoms with Crippen molar-refractivity contribution >= 4 is 16.6 Å². The zero-order valence-electron chi connectivity index (χ0n) is 10.0. The number of nitrogens with zero attached hydrogens (tertiary/aromatic N) is 1. The average molecular weight is 218 g/mol. The second kappa shape index (κ2) is 4.18. The molecule has 2 N–H and O–H groups in total. The molecule has 0 saturated heterocycles. The van der Waals surface area contributed by atoms with Crippen molar-refractivity contribution in [1.82, 2.24) is 4.57 Å². The number of fused-ring (bicyclic) bond motifs is 1. The highest BCUT2D eigenvalue weighted by Gasteiger charge is 2.07. The molecule has 0 fully saturated rings. The van der Waals surface area contributed by atoms with Crippen LogP contribution in [0.2, 0.25) is 0 Å². The van der Waals surface area contributed by atoms with Gasteiger partial charge in [-0.25, -0.2) is 0 Å². The third kappa shape index (κ3) is 2.04. The van der Waals surface area contributed by atoms with E-state index in [-0.39, 0.29) is 6.10 Å². The molecule has 0 amide bonds. The number of hydrogen-bond acceptors (Lipinski definition) is 2. The van der Waals surface area contributed by atoms with Crippen LogP contribution in [-0.4, -0.2) is 10.7 Å². The Labute approximate surface area is 95.8 Å². The van der Waals surface area contributed by atoms with Crippen molar-refractivity contribution in [2.75, 3.05) is 5.73 Å². The number of aromatic nitrogens is 1. The second-order valence-corrected chi connectivity index (χ2v) is 4.40. The summed E-state index contributed by atoms with van der Waals surface area (Å²) in [6, 6.07) is 5.99. The molecule has 2 aromatic rings. The van der Waals surface area contributed by atoms with Gasteiger partial charge in [-0.05, 0) is 26.0 Å². The topological polar surface area (TPSA) is 40.2 Å². The Balaban J connectivity index is 2.39. The van der Waals surface area contributed by atoms with Crippen molar-refractivity contribution < 1.29 is 4.74 Å². The van der Waals surface area contributed by atoms with E-state index < -0.39 is 0 Å². The SMILES string of the molecule is CC(C)OCc1cn(C)c2cc(N)ccc12. The molecule has 0 aliphatic carbocycles. The molecule has 16 heavy (non-hydrogen) atoms. The number of nitrogens with two attached hydrogens (primary N) is 1. The fourth-order valence-corrected chi connectivity index (χ4v) is 1.86. The molecule has 0 spiro atoms. The van der Waals surface area contributed by atoms with Gasteiger partial charge in [0.2, 0.25) is 0 Å². The normalized spacial score (nSPS) is 11.5. The van der Waals surface area contributed by atoms with E-state index in [1.165, 1.54) is 10.9 Å². The summed E-state index contributed by atoms with van der Waals surface area (Å²) in [6.07, 6.45) is 2.36. The zero-order valence-corrected chi connectivity index (χ0v) is 10.0. The summed E-state index contributed by atoms with van der Waals surface area (Å²) >= 11 is 0. The van der Waals surface area contributed by atoms with Crippen LogP contribution in [0.3, 0.4) is 0 Å². The van der Waals surface area contributed by atoms with Crippen LogP contribution in [0.15, 0.2) is 24.4 Å². The van der Waals surface area contributed by atoms with Crippen LogP contribution in [0, 0.1) is 0 Å². The monoisotopic (exact) mass is 218 g/mol. The van der Waals surface area contributed by atoms with Gasteiger partial charge in [-0.3, -0.25) is 0 Å². The van der Waals surface area contributed by atoms with Crippen LogP contribution in [0.4, 0.5) is 5.69 Å². The van der Waals surface area contributed by atoms with Crippen LogP contribution >= 0.6 is 0 Å². The number of anilines is 1. The first-order valence-corrected chi connectivity index (χ1v) is 5.53. The van der Waals surface area contributed by atoms with Gasteiger partial charge in [0.25, 0.3) is 0 Å². The number of nitrogen functional groups attached to an aromatic ring is 1. The lowest BCUT2D eigenvalue weighted by Crippen LogP contribution is -2.01. The van der Waals surface area contributed by atoms with Gasteiger partial charge in [0, 0.05) is 29.9 Å². The van der Waals surface area contributed by atoms with E-state index in [0.717, 1.165) is 11.2 Å². The van der Waals surface area contributed by atoms with E-state index in [9.17, 15) is 0 Å². The number of aryl methyl sites for hydroxylation is 1. The van der Waals surface area contributed by atoms with Gasteiger partial charge in [-0.1, -0.05) is 6.07 Å². The van der Waals surface area contributed by atoms with Crippen LogP contribution in [0.25, 0.3) is 10.9 Å². The predicted octanol–water partition coefficient (Wildman–Crippen LogP) is 2.69. The molecule has 2 rings (SSSR count). The molecule has 3 heteroatoms.